The highest BCUT2D eigenvalue weighted by atomic mass is 16.5. The van der Waals surface area contributed by atoms with E-state index in [1.54, 1.807) is 0 Å². The first kappa shape index (κ1) is 14.4. The molecule has 1 saturated carbocycles. The monoisotopic (exact) mass is 288 g/mol. The molecule has 1 heterocycles. The maximum absolute atomic E-state index is 12.4. The van der Waals surface area contributed by atoms with Gasteiger partial charge in [-0.2, -0.15) is 0 Å². The molecule has 0 bridgehead atoms. The first-order valence-electron chi connectivity index (χ1n) is 7.95. The summed E-state index contributed by atoms with van der Waals surface area (Å²) in [4.78, 5) is 12.4. The summed E-state index contributed by atoms with van der Waals surface area (Å²) in [6, 6.07) is 5.91. The minimum absolute atomic E-state index is 0.0117. The van der Waals surface area contributed by atoms with Crippen molar-refractivity contribution in [3.05, 3.63) is 23.8 Å². The molecule has 0 unspecified atom stereocenters. The molecule has 1 amide bonds. The molecular formula is C17H24N2O2. The van der Waals surface area contributed by atoms with Crippen LogP contribution < -0.4 is 15.4 Å². The van der Waals surface area contributed by atoms with E-state index in [2.05, 4.69) is 10.6 Å². The van der Waals surface area contributed by atoms with E-state index in [9.17, 15) is 4.79 Å². The number of fused-ring (bicyclic) bond motifs is 1. The zero-order chi connectivity index (χ0) is 14.7. The van der Waals surface area contributed by atoms with Crippen molar-refractivity contribution in [2.45, 2.75) is 50.5 Å². The van der Waals surface area contributed by atoms with Crippen molar-refractivity contribution >= 4 is 11.6 Å². The lowest BCUT2D eigenvalue weighted by Crippen LogP contribution is -2.47. The van der Waals surface area contributed by atoms with E-state index in [-0.39, 0.29) is 11.4 Å². The smallest absolute Gasteiger partial charge is 0.226 e. The molecule has 1 aliphatic heterocycles. The van der Waals surface area contributed by atoms with Crippen LogP contribution in [0.2, 0.25) is 0 Å². The number of hydrogen-bond acceptors (Lipinski definition) is 3. The summed E-state index contributed by atoms with van der Waals surface area (Å²) in [5.74, 6) is 1.05. The maximum atomic E-state index is 12.4. The summed E-state index contributed by atoms with van der Waals surface area (Å²) in [6.07, 6.45) is 7.38. The van der Waals surface area contributed by atoms with Gasteiger partial charge in [-0.3, -0.25) is 4.79 Å². The minimum atomic E-state index is -0.0117. The van der Waals surface area contributed by atoms with E-state index >= 15 is 0 Å². The largest absolute Gasteiger partial charge is 0.493 e. The number of amides is 1. The summed E-state index contributed by atoms with van der Waals surface area (Å²) < 4.78 is 5.49. The third-order valence-electron chi connectivity index (χ3n) is 4.81. The molecule has 2 N–H and O–H groups in total. The van der Waals surface area contributed by atoms with Gasteiger partial charge in [0.1, 0.15) is 5.75 Å². The molecule has 1 fully saturated rings. The lowest BCUT2D eigenvalue weighted by molar-refractivity contribution is -0.117. The van der Waals surface area contributed by atoms with Crippen molar-refractivity contribution < 1.29 is 9.53 Å². The number of carbonyl (C=O) groups excluding carboxylic acids is 1. The van der Waals surface area contributed by atoms with E-state index in [0.717, 1.165) is 37.3 Å². The Balaban J connectivity index is 1.63. The van der Waals surface area contributed by atoms with Crippen LogP contribution in [-0.4, -0.2) is 25.1 Å². The summed E-state index contributed by atoms with van der Waals surface area (Å²) in [7, 11) is 1.98. The molecule has 1 aromatic rings. The summed E-state index contributed by atoms with van der Waals surface area (Å²) in [5.41, 5.74) is 2.06. The Morgan fingerprint density at radius 1 is 1.29 bits per heavy atom. The van der Waals surface area contributed by atoms with Gasteiger partial charge in [0.05, 0.1) is 6.61 Å². The van der Waals surface area contributed by atoms with Gasteiger partial charge in [0.2, 0.25) is 5.91 Å². The topological polar surface area (TPSA) is 50.4 Å². The van der Waals surface area contributed by atoms with Gasteiger partial charge in [0, 0.05) is 24.1 Å². The molecule has 0 atom stereocenters. The Morgan fingerprint density at radius 2 is 2.10 bits per heavy atom. The average Bonchev–Trinajstić information content (AvgIpc) is 2.95. The van der Waals surface area contributed by atoms with Gasteiger partial charge in [-0.05, 0) is 43.7 Å². The van der Waals surface area contributed by atoms with E-state index in [1.807, 2.05) is 25.2 Å². The Hall–Kier alpha value is -1.55. The first-order valence-corrected chi connectivity index (χ1v) is 7.95. The molecule has 3 rings (SSSR count). The molecule has 1 aromatic carbocycles. The average molecular weight is 288 g/mol. The Bertz CT molecular complexity index is 522. The molecule has 0 spiro atoms. The van der Waals surface area contributed by atoms with Gasteiger partial charge in [-0.15, -0.1) is 0 Å². The van der Waals surface area contributed by atoms with Crippen molar-refractivity contribution in [1.29, 1.82) is 0 Å². The number of carbonyl (C=O) groups is 1. The van der Waals surface area contributed by atoms with Crippen LogP contribution >= 0.6 is 0 Å². The van der Waals surface area contributed by atoms with E-state index in [0.29, 0.717) is 6.42 Å². The number of ether oxygens (including phenoxy) is 1. The van der Waals surface area contributed by atoms with Crippen LogP contribution in [0.25, 0.3) is 0 Å². The van der Waals surface area contributed by atoms with Crippen molar-refractivity contribution in [3.63, 3.8) is 0 Å². The number of hydrogen-bond donors (Lipinski definition) is 2. The van der Waals surface area contributed by atoms with Crippen LogP contribution in [0, 0.1) is 0 Å². The number of benzene rings is 1. The fourth-order valence-corrected chi connectivity index (χ4v) is 3.52. The van der Waals surface area contributed by atoms with Crippen LogP contribution in [-0.2, 0) is 11.2 Å². The third kappa shape index (κ3) is 3.21. The second-order valence-electron chi connectivity index (χ2n) is 6.24. The van der Waals surface area contributed by atoms with Crippen molar-refractivity contribution in [2.24, 2.45) is 0 Å². The second-order valence-corrected chi connectivity index (χ2v) is 6.24. The maximum Gasteiger partial charge on any atom is 0.226 e. The predicted molar refractivity (Wildman–Crippen MR) is 83.8 cm³/mol. The first-order chi connectivity index (χ1) is 10.2. The molecular weight excluding hydrogens is 264 g/mol. The van der Waals surface area contributed by atoms with Gasteiger partial charge in [-0.1, -0.05) is 19.3 Å². The molecule has 4 heteroatoms. The Kier molecular flexibility index (Phi) is 4.15. The zero-order valence-corrected chi connectivity index (χ0v) is 12.7. The zero-order valence-electron chi connectivity index (χ0n) is 12.7. The second kappa shape index (κ2) is 6.06. The Labute approximate surface area is 126 Å². The molecule has 2 aliphatic rings. The molecule has 0 aromatic heterocycles. The summed E-state index contributed by atoms with van der Waals surface area (Å²) >= 11 is 0. The highest BCUT2D eigenvalue weighted by Gasteiger charge is 2.32. The lowest BCUT2D eigenvalue weighted by atomic mass is 9.79. The fourth-order valence-electron chi connectivity index (χ4n) is 3.52. The van der Waals surface area contributed by atoms with Crippen LogP contribution in [0.3, 0.4) is 0 Å². The molecule has 21 heavy (non-hydrogen) atoms. The van der Waals surface area contributed by atoms with Crippen LogP contribution in [0.1, 0.15) is 44.1 Å². The highest BCUT2D eigenvalue weighted by molar-refractivity contribution is 5.91. The summed E-state index contributed by atoms with van der Waals surface area (Å²) in [5, 5.41) is 6.44. The predicted octanol–water partition coefficient (Wildman–Crippen LogP) is 2.87. The van der Waals surface area contributed by atoms with Crippen LogP contribution in [0.15, 0.2) is 18.2 Å². The standard InChI is InChI=1S/C17H24N2O2/c1-18-17(8-3-2-4-9-17)12-16(20)19-14-5-6-15-13(11-14)7-10-21-15/h5-6,11,18H,2-4,7-10,12H2,1H3,(H,19,20). The van der Waals surface area contributed by atoms with Gasteiger partial charge < -0.3 is 15.4 Å². The van der Waals surface area contributed by atoms with Crippen LogP contribution in [0.4, 0.5) is 5.69 Å². The van der Waals surface area contributed by atoms with Crippen molar-refractivity contribution in [3.8, 4) is 5.75 Å². The number of nitrogens with one attached hydrogen (secondary N) is 2. The van der Waals surface area contributed by atoms with Gasteiger partial charge in [-0.25, -0.2) is 0 Å². The SMILES string of the molecule is CNC1(CC(=O)Nc2ccc3c(c2)CCO3)CCCCC1. The van der Waals surface area contributed by atoms with E-state index < -0.39 is 0 Å². The number of anilines is 1. The van der Waals surface area contributed by atoms with E-state index in [4.69, 9.17) is 4.74 Å². The Morgan fingerprint density at radius 3 is 2.86 bits per heavy atom. The fraction of sp³-hybridized carbons (Fsp3) is 0.588. The quantitative estimate of drug-likeness (QED) is 0.895. The molecule has 1 aliphatic carbocycles. The highest BCUT2D eigenvalue weighted by Crippen LogP contribution is 2.32. The lowest BCUT2D eigenvalue weighted by Gasteiger charge is -2.36. The van der Waals surface area contributed by atoms with Crippen LogP contribution in [0.5, 0.6) is 5.75 Å². The van der Waals surface area contributed by atoms with Gasteiger partial charge in [0.25, 0.3) is 0 Å². The number of rotatable bonds is 4. The normalized spacial score (nSPS) is 19.7. The minimum Gasteiger partial charge on any atom is -0.493 e. The molecule has 4 nitrogen and oxygen atoms in total. The molecule has 0 saturated heterocycles. The third-order valence-corrected chi connectivity index (χ3v) is 4.81. The molecule has 114 valence electrons. The molecule has 0 radical (unpaired) electrons. The van der Waals surface area contributed by atoms with Crippen molar-refractivity contribution in [2.75, 3.05) is 19.0 Å². The van der Waals surface area contributed by atoms with E-state index in [1.165, 1.54) is 24.8 Å². The van der Waals surface area contributed by atoms with Crippen molar-refractivity contribution in [1.82, 2.24) is 5.32 Å². The van der Waals surface area contributed by atoms with Gasteiger partial charge >= 0.3 is 0 Å². The van der Waals surface area contributed by atoms with Gasteiger partial charge in [0.15, 0.2) is 0 Å². The summed E-state index contributed by atoms with van der Waals surface area (Å²) in [6.45, 7) is 0.746.